The molecule has 2 fully saturated rings. The van der Waals surface area contributed by atoms with E-state index in [4.69, 9.17) is 9.84 Å². The van der Waals surface area contributed by atoms with Gasteiger partial charge in [-0.05, 0) is 25.7 Å². The van der Waals surface area contributed by atoms with Gasteiger partial charge in [0.15, 0.2) is 0 Å². The lowest BCUT2D eigenvalue weighted by molar-refractivity contribution is -0.166. The summed E-state index contributed by atoms with van der Waals surface area (Å²) in [7, 11) is 0. The molecule has 0 spiro atoms. The highest BCUT2D eigenvalue weighted by Crippen LogP contribution is 2.30. The van der Waals surface area contributed by atoms with Crippen molar-refractivity contribution < 1.29 is 14.6 Å². The Morgan fingerprint density at radius 2 is 2.00 bits per heavy atom. The maximum absolute atomic E-state index is 10.4. The van der Waals surface area contributed by atoms with Crippen molar-refractivity contribution in [3.8, 4) is 0 Å². The topological polar surface area (TPSA) is 49.8 Å². The third-order valence-corrected chi connectivity index (χ3v) is 3.90. The van der Waals surface area contributed by atoms with Crippen LogP contribution in [0.1, 0.15) is 39.0 Å². The zero-order chi connectivity index (χ0) is 12.3. The quantitative estimate of drug-likeness (QED) is 0.796. The highest BCUT2D eigenvalue weighted by molar-refractivity contribution is 5.68. The highest BCUT2D eigenvalue weighted by atomic mass is 16.5. The van der Waals surface area contributed by atoms with E-state index < -0.39 is 5.97 Å². The number of hydrogen-bond acceptors (Lipinski definition) is 3. The van der Waals surface area contributed by atoms with Crippen LogP contribution < -0.4 is 0 Å². The van der Waals surface area contributed by atoms with Gasteiger partial charge < -0.3 is 9.84 Å². The summed E-state index contributed by atoms with van der Waals surface area (Å²) in [5.74, 6) is -0.0234. The van der Waals surface area contributed by atoms with Gasteiger partial charge in [0.1, 0.15) is 6.61 Å². The molecule has 0 amide bonds. The molecule has 0 aromatic heterocycles. The second-order valence-corrected chi connectivity index (χ2v) is 5.81. The van der Waals surface area contributed by atoms with Gasteiger partial charge >= 0.3 is 5.97 Å². The van der Waals surface area contributed by atoms with E-state index in [2.05, 4.69) is 4.90 Å². The van der Waals surface area contributed by atoms with Gasteiger partial charge in [0, 0.05) is 19.6 Å². The van der Waals surface area contributed by atoms with Crippen molar-refractivity contribution in [2.75, 3.05) is 26.2 Å². The van der Waals surface area contributed by atoms with Crippen molar-refractivity contribution in [2.24, 2.45) is 5.92 Å². The van der Waals surface area contributed by atoms with Crippen molar-refractivity contribution >= 4 is 5.97 Å². The fourth-order valence-corrected chi connectivity index (χ4v) is 3.09. The number of rotatable bonds is 5. The fraction of sp³-hybridized carbons (Fsp3) is 0.923. The van der Waals surface area contributed by atoms with E-state index in [1.54, 1.807) is 0 Å². The molecule has 17 heavy (non-hydrogen) atoms. The summed E-state index contributed by atoms with van der Waals surface area (Å²) in [6, 6.07) is 0. The van der Waals surface area contributed by atoms with Crippen LogP contribution in [0.15, 0.2) is 0 Å². The minimum absolute atomic E-state index is 0.173. The molecule has 0 aromatic rings. The molecule has 4 nitrogen and oxygen atoms in total. The molecule has 4 heteroatoms. The molecule has 1 saturated heterocycles. The summed E-state index contributed by atoms with van der Waals surface area (Å²) in [6.45, 7) is 4.78. The molecule has 98 valence electrons. The van der Waals surface area contributed by atoms with Crippen LogP contribution in [0.3, 0.4) is 0 Å². The van der Waals surface area contributed by atoms with Gasteiger partial charge in [-0.3, -0.25) is 4.90 Å². The average Bonchev–Trinajstić information content (AvgIpc) is 2.26. The van der Waals surface area contributed by atoms with Crippen LogP contribution in [0.4, 0.5) is 0 Å². The minimum atomic E-state index is -0.878. The van der Waals surface area contributed by atoms with Crippen LogP contribution >= 0.6 is 0 Å². The third-order valence-electron chi connectivity index (χ3n) is 3.90. The summed E-state index contributed by atoms with van der Waals surface area (Å²) >= 11 is 0. The molecule has 1 heterocycles. The number of nitrogens with zero attached hydrogens (tertiary/aromatic N) is 1. The number of ether oxygens (including phenoxy) is 1. The smallest absolute Gasteiger partial charge is 0.329 e. The van der Waals surface area contributed by atoms with Crippen molar-refractivity contribution in [1.29, 1.82) is 0 Å². The Kier molecular flexibility index (Phi) is 4.05. The predicted octanol–water partition coefficient (Wildman–Crippen LogP) is 1.74. The van der Waals surface area contributed by atoms with Crippen molar-refractivity contribution in [1.82, 2.24) is 4.90 Å². The summed E-state index contributed by atoms with van der Waals surface area (Å²) in [5, 5.41) is 8.58. The highest BCUT2D eigenvalue weighted by Gasteiger charge is 2.40. The van der Waals surface area contributed by atoms with E-state index in [0.717, 1.165) is 19.0 Å². The standard InChI is InChI=1S/C13H23NO3/c1-13(17-8-12(15)16)9-14(10-13)7-11-5-3-2-4-6-11/h11H,2-10H2,1H3,(H,15,16). The van der Waals surface area contributed by atoms with Crippen LogP contribution in [-0.2, 0) is 9.53 Å². The second-order valence-electron chi connectivity index (χ2n) is 5.81. The Morgan fingerprint density at radius 1 is 1.35 bits per heavy atom. The van der Waals surface area contributed by atoms with Gasteiger partial charge in [0.25, 0.3) is 0 Å². The first-order valence-corrected chi connectivity index (χ1v) is 6.65. The number of carboxylic acid groups (broad SMARTS) is 1. The number of aliphatic carboxylic acids is 1. The first-order chi connectivity index (χ1) is 8.07. The fourth-order valence-electron chi connectivity index (χ4n) is 3.09. The number of carbonyl (C=O) groups is 1. The van der Waals surface area contributed by atoms with Crippen LogP contribution in [0.25, 0.3) is 0 Å². The zero-order valence-electron chi connectivity index (χ0n) is 10.7. The van der Waals surface area contributed by atoms with Crippen molar-refractivity contribution in [2.45, 2.75) is 44.6 Å². The molecule has 0 unspecified atom stereocenters. The Hall–Kier alpha value is -0.610. The van der Waals surface area contributed by atoms with Gasteiger partial charge in [-0.15, -0.1) is 0 Å². The van der Waals surface area contributed by atoms with E-state index in [-0.39, 0.29) is 12.2 Å². The molecule has 1 N–H and O–H groups in total. The molecule has 2 rings (SSSR count). The Bertz CT molecular complexity index is 268. The molecular formula is C13H23NO3. The molecule has 0 atom stereocenters. The lowest BCUT2D eigenvalue weighted by Gasteiger charge is -2.48. The molecule has 1 aliphatic carbocycles. The summed E-state index contributed by atoms with van der Waals surface area (Å²) < 4.78 is 5.41. The van der Waals surface area contributed by atoms with E-state index in [9.17, 15) is 4.79 Å². The average molecular weight is 241 g/mol. The zero-order valence-corrected chi connectivity index (χ0v) is 10.7. The third kappa shape index (κ3) is 3.68. The minimum Gasteiger partial charge on any atom is -0.480 e. The van der Waals surface area contributed by atoms with Gasteiger partial charge in [0.2, 0.25) is 0 Å². The largest absolute Gasteiger partial charge is 0.480 e. The molecule has 0 aromatic carbocycles. The number of hydrogen-bond donors (Lipinski definition) is 1. The van der Waals surface area contributed by atoms with Gasteiger partial charge in [-0.1, -0.05) is 19.3 Å². The Morgan fingerprint density at radius 3 is 2.59 bits per heavy atom. The maximum Gasteiger partial charge on any atom is 0.329 e. The molecule has 1 aliphatic heterocycles. The normalized spacial score (nSPS) is 25.5. The van der Waals surface area contributed by atoms with Crippen LogP contribution in [0, 0.1) is 5.92 Å². The number of likely N-dealkylation sites (tertiary alicyclic amines) is 1. The molecule has 0 bridgehead atoms. The van der Waals surface area contributed by atoms with Crippen LogP contribution in [0.2, 0.25) is 0 Å². The maximum atomic E-state index is 10.4. The summed E-state index contributed by atoms with van der Waals surface area (Å²) in [6.07, 6.45) is 6.89. The van der Waals surface area contributed by atoms with Gasteiger partial charge in [-0.25, -0.2) is 4.79 Å². The van der Waals surface area contributed by atoms with Crippen molar-refractivity contribution in [3.63, 3.8) is 0 Å². The van der Waals surface area contributed by atoms with Gasteiger partial charge in [0.05, 0.1) is 5.60 Å². The summed E-state index contributed by atoms with van der Waals surface area (Å²) in [5.41, 5.74) is -0.229. The predicted molar refractivity (Wildman–Crippen MR) is 65.0 cm³/mol. The Labute approximate surface area is 103 Å². The molecule has 1 saturated carbocycles. The molecule has 0 radical (unpaired) electrons. The SMILES string of the molecule is CC1(OCC(=O)O)CN(CC2CCCCC2)C1. The Balaban J connectivity index is 1.65. The van der Waals surface area contributed by atoms with Crippen LogP contribution in [0.5, 0.6) is 0 Å². The van der Waals surface area contributed by atoms with Crippen LogP contribution in [-0.4, -0.2) is 47.8 Å². The van der Waals surface area contributed by atoms with E-state index in [0.29, 0.717) is 0 Å². The summed E-state index contributed by atoms with van der Waals surface area (Å²) in [4.78, 5) is 12.8. The van der Waals surface area contributed by atoms with E-state index in [1.807, 2.05) is 6.92 Å². The van der Waals surface area contributed by atoms with E-state index in [1.165, 1.54) is 38.6 Å². The monoisotopic (exact) mass is 241 g/mol. The van der Waals surface area contributed by atoms with E-state index >= 15 is 0 Å². The molecule has 2 aliphatic rings. The lowest BCUT2D eigenvalue weighted by Crippen LogP contribution is -2.62. The first kappa shape index (κ1) is 12.8. The lowest BCUT2D eigenvalue weighted by atomic mass is 9.86. The van der Waals surface area contributed by atoms with Crippen molar-refractivity contribution in [3.05, 3.63) is 0 Å². The first-order valence-electron chi connectivity index (χ1n) is 6.65. The number of carboxylic acids is 1. The second kappa shape index (κ2) is 5.36. The molecular weight excluding hydrogens is 218 g/mol. The van der Waals surface area contributed by atoms with Gasteiger partial charge in [-0.2, -0.15) is 0 Å².